The topological polar surface area (TPSA) is 75.6 Å². The van der Waals surface area contributed by atoms with Crippen molar-refractivity contribution in [3.8, 4) is 5.75 Å². The number of amides is 1. The molecular formula is C12H15NO4. The molecule has 92 valence electrons. The third kappa shape index (κ3) is 4.55. The third-order valence-electron chi connectivity index (χ3n) is 1.90. The molecule has 0 saturated heterocycles. The second-order valence-electron chi connectivity index (χ2n) is 3.84. The number of carboxylic acid groups (broad SMARTS) is 1. The summed E-state index contributed by atoms with van der Waals surface area (Å²) in [5.41, 5.74) is 0.131. The highest BCUT2D eigenvalue weighted by Gasteiger charge is 2.06. The van der Waals surface area contributed by atoms with Crippen molar-refractivity contribution in [2.75, 3.05) is 6.61 Å². The summed E-state index contributed by atoms with van der Waals surface area (Å²) in [5.74, 6) is -0.897. The number of hydrogen-bond acceptors (Lipinski definition) is 3. The van der Waals surface area contributed by atoms with E-state index < -0.39 is 5.97 Å². The van der Waals surface area contributed by atoms with Gasteiger partial charge in [-0.1, -0.05) is 6.07 Å². The lowest BCUT2D eigenvalue weighted by atomic mass is 10.2. The second-order valence-corrected chi connectivity index (χ2v) is 3.84. The first-order valence-corrected chi connectivity index (χ1v) is 5.24. The molecule has 0 spiro atoms. The van der Waals surface area contributed by atoms with Gasteiger partial charge in [0.05, 0.1) is 5.56 Å². The number of nitrogens with one attached hydrogen (secondary N) is 1. The normalized spacial score (nSPS) is 10.1. The first kappa shape index (κ1) is 13.0. The van der Waals surface area contributed by atoms with Crippen LogP contribution in [0.3, 0.4) is 0 Å². The van der Waals surface area contributed by atoms with Gasteiger partial charge in [-0.25, -0.2) is 4.79 Å². The zero-order valence-corrected chi connectivity index (χ0v) is 9.77. The van der Waals surface area contributed by atoms with E-state index in [1.807, 2.05) is 13.8 Å². The van der Waals surface area contributed by atoms with Crippen molar-refractivity contribution in [3.63, 3.8) is 0 Å². The quantitative estimate of drug-likeness (QED) is 0.809. The minimum Gasteiger partial charge on any atom is -0.484 e. The van der Waals surface area contributed by atoms with Crippen LogP contribution in [0.4, 0.5) is 0 Å². The molecule has 0 unspecified atom stereocenters. The van der Waals surface area contributed by atoms with Crippen LogP contribution < -0.4 is 10.1 Å². The van der Waals surface area contributed by atoms with Gasteiger partial charge in [0.2, 0.25) is 0 Å². The average Bonchev–Trinajstić information content (AvgIpc) is 2.26. The number of hydrogen-bond donors (Lipinski definition) is 2. The minimum absolute atomic E-state index is 0.0523. The summed E-state index contributed by atoms with van der Waals surface area (Å²) in [6, 6.07) is 6.07. The maximum absolute atomic E-state index is 11.3. The Morgan fingerprint density at radius 3 is 2.71 bits per heavy atom. The largest absolute Gasteiger partial charge is 0.484 e. The van der Waals surface area contributed by atoms with E-state index >= 15 is 0 Å². The molecule has 0 fully saturated rings. The zero-order chi connectivity index (χ0) is 12.8. The smallest absolute Gasteiger partial charge is 0.335 e. The summed E-state index contributed by atoms with van der Waals surface area (Å²) in [7, 11) is 0. The van der Waals surface area contributed by atoms with Gasteiger partial charge in [-0.05, 0) is 32.0 Å². The van der Waals surface area contributed by atoms with Crippen molar-refractivity contribution in [1.29, 1.82) is 0 Å². The second kappa shape index (κ2) is 5.89. The number of carboxylic acids is 1. The fourth-order valence-corrected chi connectivity index (χ4v) is 1.23. The molecule has 5 nitrogen and oxygen atoms in total. The van der Waals surface area contributed by atoms with E-state index in [0.29, 0.717) is 5.75 Å². The molecule has 0 aliphatic carbocycles. The van der Waals surface area contributed by atoms with Crippen molar-refractivity contribution in [2.24, 2.45) is 0 Å². The lowest BCUT2D eigenvalue weighted by Gasteiger charge is -2.09. The maximum atomic E-state index is 11.3. The standard InChI is InChI=1S/C12H15NO4/c1-8(2)13-11(14)7-17-10-5-3-4-9(6-10)12(15)16/h3-6,8H,7H2,1-2H3,(H,13,14)(H,15,16). The van der Waals surface area contributed by atoms with Gasteiger partial charge in [0, 0.05) is 6.04 Å². The average molecular weight is 237 g/mol. The van der Waals surface area contributed by atoms with E-state index in [1.54, 1.807) is 12.1 Å². The SMILES string of the molecule is CC(C)NC(=O)COc1cccc(C(=O)O)c1. The van der Waals surface area contributed by atoms with Crippen LogP contribution in [-0.4, -0.2) is 29.6 Å². The summed E-state index contributed by atoms with van der Waals surface area (Å²) in [6.07, 6.45) is 0. The fraction of sp³-hybridized carbons (Fsp3) is 0.333. The van der Waals surface area contributed by atoms with Gasteiger partial charge < -0.3 is 15.2 Å². The Morgan fingerprint density at radius 1 is 1.41 bits per heavy atom. The number of aromatic carboxylic acids is 1. The first-order valence-electron chi connectivity index (χ1n) is 5.24. The zero-order valence-electron chi connectivity index (χ0n) is 9.77. The Kier molecular flexibility index (Phi) is 4.51. The van der Waals surface area contributed by atoms with Crippen LogP contribution in [0.5, 0.6) is 5.75 Å². The van der Waals surface area contributed by atoms with Gasteiger partial charge in [-0.2, -0.15) is 0 Å². The Hall–Kier alpha value is -2.04. The van der Waals surface area contributed by atoms with E-state index in [9.17, 15) is 9.59 Å². The third-order valence-corrected chi connectivity index (χ3v) is 1.90. The Morgan fingerprint density at radius 2 is 2.12 bits per heavy atom. The van der Waals surface area contributed by atoms with E-state index in [4.69, 9.17) is 9.84 Å². The number of ether oxygens (including phenoxy) is 1. The van der Waals surface area contributed by atoms with Gasteiger partial charge in [0.25, 0.3) is 5.91 Å². The number of benzene rings is 1. The highest BCUT2D eigenvalue weighted by Crippen LogP contribution is 2.12. The molecule has 17 heavy (non-hydrogen) atoms. The molecule has 0 aliphatic rings. The van der Waals surface area contributed by atoms with E-state index in [0.717, 1.165) is 0 Å². The number of rotatable bonds is 5. The highest BCUT2D eigenvalue weighted by molar-refractivity contribution is 5.88. The van der Waals surface area contributed by atoms with Crippen LogP contribution >= 0.6 is 0 Å². The highest BCUT2D eigenvalue weighted by atomic mass is 16.5. The summed E-state index contributed by atoms with van der Waals surface area (Å²) in [6.45, 7) is 3.58. The molecular weight excluding hydrogens is 222 g/mol. The van der Waals surface area contributed by atoms with Crippen LogP contribution in [0.1, 0.15) is 24.2 Å². The van der Waals surface area contributed by atoms with Crippen molar-refractivity contribution in [3.05, 3.63) is 29.8 Å². The van der Waals surface area contributed by atoms with E-state index in [2.05, 4.69) is 5.32 Å². The summed E-state index contributed by atoms with van der Waals surface area (Å²) >= 11 is 0. The first-order chi connectivity index (χ1) is 7.99. The molecule has 1 amide bonds. The van der Waals surface area contributed by atoms with Crippen molar-refractivity contribution in [2.45, 2.75) is 19.9 Å². The van der Waals surface area contributed by atoms with Crippen molar-refractivity contribution < 1.29 is 19.4 Å². The van der Waals surface area contributed by atoms with Crippen LogP contribution in [0.15, 0.2) is 24.3 Å². The molecule has 5 heteroatoms. The van der Waals surface area contributed by atoms with Crippen LogP contribution in [-0.2, 0) is 4.79 Å². The number of carbonyl (C=O) groups is 2. The molecule has 0 radical (unpaired) electrons. The van der Waals surface area contributed by atoms with Gasteiger partial charge in [0.1, 0.15) is 5.75 Å². The molecule has 0 aromatic heterocycles. The van der Waals surface area contributed by atoms with Crippen LogP contribution in [0.25, 0.3) is 0 Å². The van der Waals surface area contributed by atoms with Gasteiger partial charge in [-0.15, -0.1) is 0 Å². The van der Waals surface area contributed by atoms with Crippen molar-refractivity contribution >= 4 is 11.9 Å². The van der Waals surface area contributed by atoms with Crippen LogP contribution in [0, 0.1) is 0 Å². The molecule has 2 N–H and O–H groups in total. The fourth-order valence-electron chi connectivity index (χ4n) is 1.23. The lowest BCUT2D eigenvalue weighted by molar-refractivity contribution is -0.123. The van der Waals surface area contributed by atoms with Gasteiger partial charge >= 0.3 is 5.97 Å². The summed E-state index contributed by atoms with van der Waals surface area (Å²) in [5, 5.41) is 11.4. The Balaban J connectivity index is 2.54. The molecule has 0 saturated carbocycles. The molecule has 1 aromatic carbocycles. The predicted molar refractivity (Wildman–Crippen MR) is 62.2 cm³/mol. The molecule has 1 rings (SSSR count). The molecule has 0 atom stereocenters. The van der Waals surface area contributed by atoms with Crippen molar-refractivity contribution in [1.82, 2.24) is 5.32 Å². The monoisotopic (exact) mass is 237 g/mol. The Bertz CT molecular complexity index is 415. The lowest BCUT2D eigenvalue weighted by Crippen LogP contribution is -2.34. The van der Waals surface area contributed by atoms with E-state index in [1.165, 1.54) is 12.1 Å². The maximum Gasteiger partial charge on any atom is 0.335 e. The summed E-state index contributed by atoms with van der Waals surface area (Å²) < 4.78 is 5.18. The summed E-state index contributed by atoms with van der Waals surface area (Å²) in [4.78, 5) is 22.0. The molecule has 1 aromatic rings. The van der Waals surface area contributed by atoms with E-state index in [-0.39, 0.29) is 24.1 Å². The Labute approximate surface area is 99.4 Å². The predicted octanol–water partition coefficient (Wildman–Crippen LogP) is 1.29. The molecule has 0 bridgehead atoms. The van der Waals surface area contributed by atoms with Gasteiger partial charge in [0.15, 0.2) is 6.61 Å². The van der Waals surface area contributed by atoms with Gasteiger partial charge in [-0.3, -0.25) is 4.79 Å². The molecule has 0 aliphatic heterocycles. The molecule has 0 heterocycles. The van der Waals surface area contributed by atoms with Crippen LogP contribution in [0.2, 0.25) is 0 Å². The number of carbonyl (C=O) groups excluding carboxylic acids is 1. The minimum atomic E-state index is -1.03.